The fourth-order valence-electron chi connectivity index (χ4n) is 3.95. The minimum absolute atomic E-state index is 0.0329. The number of benzene rings is 1. The van der Waals surface area contributed by atoms with Gasteiger partial charge in [-0.3, -0.25) is 9.69 Å². The van der Waals surface area contributed by atoms with Gasteiger partial charge in [-0.15, -0.1) is 11.8 Å². The molecule has 4 nitrogen and oxygen atoms in total. The summed E-state index contributed by atoms with van der Waals surface area (Å²) >= 11 is 1.68. The zero-order valence-electron chi connectivity index (χ0n) is 16.0. The number of likely N-dealkylation sites (tertiary alicyclic amines) is 1. The average Bonchev–Trinajstić information content (AvgIpc) is 2.61. The predicted molar refractivity (Wildman–Crippen MR) is 105 cm³/mol. The minimum atomic E-state index is -0.0329. The van der Waals surface area contributed by atoms with Crippen molar-refractivity contribution in [2.24, 2.45) is 0 Å². The Kier molecular flexibility index (Phi) is 5.76. The highest BCUT2D eigenvalue weighted by molar-refractivity contribution is 8.00. The molecule has 0 aromatic heterocycles. The Balaban J connectivity index is 1.64. The molecule has 0 saturated carbocycles. The maximum atomic E-state index is 13.0. The van der Waals surface area contributed by atoms with E-state index in [1.54, 1.807) is 11.8 Å². The van der Waals surface area contributed by atoms with E-state index in [1.165, 1.54) is 10.5 Å². The van der Waals surface area contributed by atoms with Crippen LogP contribution in [0.25, 0.3) is 0 Å². The lowest BCUT2D eigenvalue weighted by Gasteiger charge is -2.53. The Hall–Kier alpha value is -1.04. The second kappa shape index (κ2) is 7.68. The molecule has 1 aromatic rings. The number of hydrogen-bond donors (Lipinski definition) is 0. The first-order chi connectivity index (χ1) is 11.9. The third-order valence-corrected chi connectivity index (χ3v) is 7.01. The molecule has 2 saturated heterocycles. The lowest BCUT2D eigenvalue weighted by Crippen LogP contribution is -2.65. The SMILES string of the molecule is Cc1ccc(SC(C)C(=O)N2CCN(C)C3(CCN(C)CC3)C2)cc1. The first kappa shape index (κ1) is 18.7. The second-order valence-corrected chi connectivity index (χ2v) is 9.20. The zero-order valence-corrected chi connectivity index (χ0v) is 16.8. The van der Waals surface area contributed by atoms with Gasteiger partial charge < -0.3 is 9.80 Å². The monoisotopic (exact) mass is 361 g/mol. The van der Waals surface area contributed by atoms with Gasteiger partial charge in [0.25, 0.3) is 0 Å². The number of amides is 1. The number of aryl methyl sites for hydroxylation is 1. The number of carbonyl (C=O) groups is 1. The van der Waals surface area contributed by atoms with E-state index in [0.717, 1.165) is 45.6 Å². The molecule has 0 N–H and O–H groups in total. The van der Waals surface area contributed by atoms with Gasteiger partial charge >= 0.3 is 0 Å². The maximum Gasteiger partial charge on any atom is 0.235 e. The molecule has 1 unspecified atom stereocenters. The average molecular weight is 362 g/mol. The van der Waals surface area contributed by atoms with Gasteiger partial charge in [0.05, 0.1) is 5.25 Å². The van der Waals surface area contributed by atoms with Crippen LogP contribution in [0.15, 0.2) is 29.2 Å². The smallest absolute Gasteiger partial charge is 0.235 e. The van der Waals surface area contributed by atoms with Crippen LogP contribution in [0.1, 0.15) is 25.3 Å². The summed E-state index contributed by atoms with van der Waals surface area (Å²) < 4.78 is 0. The van der Waals surface area contributed by atoms with E-state index in [2.05, 4.69) is 60.0 Å². The molecule has 1 aromatic carbocycles. The molecule has 1 amide bonds. The van der Waals surface area contributed by atoms with Crippen molar-refractivity contribution in [3.05, 3.63) is 29.8 Å². The molecule has 1 atom stereocenters. The summed E-state index contributed by atoms with van der Waals surface area (Å²) in [6, 6.07) is 8.46. The maximum absolute atomic E-state index is 13.0. The van der Waals surface area contributed by atoms with Gasteiger partial charge in [-0.1, -0.05) is 17.7 Å². The van der Waals surface area contributed by atoms with Crippen molar-refractivity contribution in [3.63, 3.8) is 0 Å². The number of nitrogens with zero attached hydrogens (tertiary/aromatic N) is 3. The molecule has 138 valence electrons. The van der Waals surface area contributed by atoms with E-state index < -0.39 is 0 Å². The van der Waals surface area contributed by atoms with Crippen molar-refractivity contribution in [1.29, 1.82) is 0 Å². The Morgan fingerprint density at radius 2 is 1.72 bits per heavy atom. The van der Waals surface area contributed by atoms with Crippen molar-refractivity contribution >= 4 is 17.7 Å². The molecular formula is C20H31N3OS. The van der Waals surface area contributed by atoms with Crippen molar-refractivity contribution in [2.45, 2.75) is 42.4 Å². The molecule has 0 aliphatic carbocycles. The number of likely N-dealkylation sites (N-methyl/N-ethyl adjacent to an activating group) is 1. The number of piperazine rings is 1. The van der Waals surface area contributed by atoms with Crippen LogP contribution in [0.4, 0.5) is 0 Å². The summed E-state index contributed by atoms with van der Waals surface area (Å²) in [4.78, 5) is 21.2. The van der Waals surface area contributed by atoms with Crippen LogP contribution < -0.4 is 0 Å². The zero-order chi connectivity index (χ0) is 18.0. The summed E-state index contributed by atoms with van der Waals surface area (Å²) in [6.07, 6.45) is 2.31. The van der Waals surface area contributed by atoms with Gasteiger partial charge in [-0.25, -0.2) is 0 Å². The summed E-state index contributed by atoms with van der Waals surface area (Å²) in [7, 11) is 4.43. The first-order valence-electron chi connectivity index (χ1n) is 9.31. The van der Waals surface area contributed by atoms with E-state index in [4.69, 9.17) is 0 Å². The van der Waals surface area contributed by atoms with Crippen LogP contribution in [0, 0.1) is 6.92 Å². The number of carbonyl (C=O) groups excluding carboxylic acids is 1. The van der Waals surface area contributed by atoms with Crippen LogP contribution >= 0.6 is 11.8 Å². The van der Waals surface area contributed by atoms with Crippen molar-refractivity contribution in [3.8, 4) is 0 Å². The number of rotatable bonds is 3. The molecule has 25 heavy (non-hydrogen) atoms. The van der Waals surface area contributed by atoms with Crippen LogP contribution in [-0.2, 0) is 4.79 Å². The third kappa shape index (κ3) is 4.21. The molecule has 5 heteroatoms. The standard InChI is InChI=1S/C20H31N3OS/c1-16-5-7-18(8-6-16)25-17(2)19(24)23-14-13-22(4)20(15-23)9-11-21(3)12-10-20/h5-8,17H,9-15H2,1-4H3. The van der Waals surface area contributed by atoms with Crippen LogP contribution in [0.5, 0.6) is 0 Å². The number of thioether (sulfide) groups is 1. The summed E-state index contributed by atoms with van der Waals surface area (Å²) in [5.74, 6) is 0.289. The Morgan fingerprint density at radius 3 is 2.36 bits per heavy atom. The summed E-state index contributed by atoms with van der Waals surface area (Å²) in [5, 5.41) is -0.0329. The summed E-state index contributed by atoms with van der Waals surface area (Å²) in [6.45, 7) is 9.11. The molecule has 2 aliphatic heterocycles. The summed E-state index contributed by atoms with van der Waals surface area (Å²) in [5.41, 5.74) is 1.43. The van der Waals surface area contributed by atoms with Crippen molar-refractivity contribution < 1.29 is 4.79 Å². The first-order valence-corrected chi connectivity index (χ1v) is 10.2. The van der Waals surface area contributed by atoms with Crippen LogP contribution in [0.2, 0.25) is 0 Å². The minimum Gasteiger partial charge on any atom is -0.339 e. The Labute approximate surface area is 156 Å². The molecular weight excluding hydrogens is 330 g/mol. The predicted octanol–water partition coefficient (Wildman–Crippen LogP) is 2.71. The fraction of sp³-hybridized carbons (Fsp3) is 0.650. The molecule has 2 aliphatic rings. The highest BCUT2D eigenvalue weighted by Crippen LogP contribution is 2.33. The van der Waals surface area contributed by atoms with E-state index in [0.29, 0.717) is 0 Å². The molecule has 0 radical (unpaired) electrons. The highest BCUT2D eigenvalue weighted by atomic mass is 32.2. The Bertz CT molecular complexity index is 595. The topological polar surface area (TPSA) is 26.8 Å². The Morgan fingerprint density at radius 1 is 1.08 bits per heavy atom. The van der Waals surface area contributed by atoms with Crippen LogP contribution in [-0.4, -0.2) is 78.2 Å². The van der Waals surface area contributed by atoms with E-state index in [9.17, 15) is 4.79 Å². The molecule has 0 bridgehead atoms. The molecule has 1 spiro atoms. The second-order valence-electron chi connectivity index (χ2n) is 7.78. The van der Waals surface area contributed by atoms with E-state index >= 15 is 0 Å². The highest BCUT2D eigenvalue weighted by Gasteiger charge is 2.43. The molecule has 2 fully saturated rings. The normalized spacial score (nSPS) is 23.0. The van der Waals surface area contributed by atoms with Gasteiger partial charge in [0.15, 0.2) is 0 Å². The van der Waals surface area contributed by atoms with E-state index in [1.807, 2.05) is 6.92 Å². The fourth-order valence-corrected chi connectivity index (χ4v) is 4.91. The number of piperidine rings is 1. The van der Waals surface area contributed by atoms with Crippen LogP contribution in [0.3, 0.4) is 0 Å². The molecule has 2 heterocycles. The van der Waals surface area contributed by atoms with Gasteiger partial charge in [-0.2, -0.15) is 0 Å². The lowest BCUT2D eigenvalue weighted by atomic mass is 9.84. The van der Waals surface area contributed by atoms with Gasteiger partial charge in [0.2, 0.25) is 5.91 Å². The van der Waals surface area contributed by atoms with Gasteiger partial charge in [-0.05, 0) is 66.0 Å². The largest absolute Gasteiger partial charge is 0.339 e. The molecule has 3 rings (SSSR count). The quantitative estimate of drug-likeness (QED) is 0.774. The lowest BCUT2D eigenvalue weighted by molar-refractivity contribution is -0.137. The van der Waals surface area contributed by atoms with E-state index in [-0.39, 0.29) is 16.7 Å². The van der Waals surface area contributed by atoms with Crippen molar-refractivity contribution in [2.75, 3.05) is 46.8 Å². The van der Waals surface area contributed by atoms with Gasteiger partial charge in [0, 0.05) is 30.1 Å². The van der Waals surface area contributed by atoms with Crippen molar-refractivity contribution in [1.82, 2.24) is 14.7 Å². The number of hydrogen-bond acceptors (Lipinski definition) is 4. The third-order valence-electron chi connectivity index (χ3n) is 5.91. The van der Waals surface area contributed by atoms with Gasteiger partial charge in [0.1, 0.15) is 0 Å².